The van der Waals surface area contributed by atoms with Crippen molar-refractivity contribution in [2.75, 3.05) is 0 Å². The summed E-state index contributed by atoms with van der Waals surface area (Å²) in [5.41, 5.74) is 0. The molecule has 0 unspecified atom stereocenters. The van der Waals surface area contributed by atoms with Crippen LogP contribution in [-0.2, 0) is 6.42 Å². The lowest BCUT2D eigenvalue weighted by molar-refractivity contribution is 0.803. The van der Waals surface area contributed by atoms with Crippen molar-refractivity contribution in [3.8, 4) is 0 Å². The predicted molar refractivity (Wildman–Crippen MR) is 82.0 cm³/mol. The van der Waals surface area contributed by atoms with Crippen LogP contribution < -0.4 is 0 Å². The van der Waals surface area contributed by atoms with Gasteiger partial charge in [-0.1, -0.05) is 30.8 Å². The first-order valence-corrected chi connectivity index (χ1v) is 8.05. The minimum absolute atomic E-state index is 0.843. The van der Waals surface area contributed by atoms with Crippen molar-refractivity contribution in [2.45, 2.75) is 29.7 Å². The molecule has 1 heterocycles. The first-order chi connectivity index (χ1) is 8.69. The summed E-state index contributed by atoms with van der Waals surface area (Å²) in [7, 11) is 0. The van der Waals surface area contributed by atoms with E-state index in [1.165, 1.54) is 0 Å². The number of benzene rings is 1. The maximum absolute atomic E-state index is 4.56. The number of aryl methyl sites for hydroxylation is 1. The second-order valence-corrected chi connectivity index (χ2v) is 6.46. The molecule has 18 heavy (non-hydrogen) atoms. The highest BCUT2D eigenvalue weighted by atomic mass is 79.9. The minimum atomic E-state index is 0.843. The Morgan fingerprint density at radius 2 is 1.94 bits per heavy atom. The van der Waals surface area contributed by atoms with Gasteiger partial charge < -0.3 is 0 Å². The Bertz CT molecular complexity index is 546. The van der Waals surface area contributed by atoms with Gasteiger partial charge in [0.2, 0.25) is 0 Å². The van der Waals surface area contributed by atoms with Crippen LogP contribution in [0.15, 0.2) is 49.3 Å². The average molecular weight is 388 g/mol. The molecule has 0 aliphatic rings. The van der Waals surface area contributed by atoms with Gasteiger partial charge in [0, 0.05) is 21.9 Å². The zero-order valence-electron chi connectivity index (χ0n) is 9.86. The molecule has 0 radical (unpaired) electrons. The molecule has 5 heteroatoms. The van der Waals surface area contributed by atoms with Gasteiger partial charge in [-0.3, -0.25) is 0 Å². The first-order valence-electron chi connectivity index (χ1n) is 5.65. The van der Waals surface area contributed by atoms with Crippen LogP contribution in [0.3, 0.4) is 0 Å². The molecule has 1 aromatic carbocycles. The fraction of sp³-hybridized carbons (Fsp3) is 0.231. The fourth-order valence-corrected chi connectivity index (χ4v) is 3.43. The van der Waals surface area contributed by atoms with E-state index >= 15 is 0 Å². The molecule has 0 bridgehead atoms. The topological polar surface area (TPSA) is 25.8 Å². The third kappa shape index (κ3) is 3.80. The minimum Gasteiger partial charge on any atom is -0.226 e. The maximum atomic E-state index is 4.56. The van der Waals surface area contributed by atoms with Gasteiger partial charge in [-0.25, -0.2) is 9.97 Å². The molecule has 0 N–H and O–H groups in total. The lowest BCUT2D eigenvalue weighted by Crippen LogP contribution is -1.96. The average Bonchev–Trinajstić information content (AvgIpc) is 2.32. The third-order valence-electron chi connectivity index (χ3n) is 2.24. The molecule has 0 atom stereocenters. The Morgan fingerprint density at radius 3 is 2.67 bits per heavy atom. The van der Waals surface area contributed by atoms with Gasteiger partial charge in [-0.05, 0) is 50.4 Å². The predicted octanol–water partition coefficient (Wildman–Crippen LogP) is 5.11. The van der Waals surface area contributed by atoms with E-state index in [9.17, 15) is 0 Å². The lowest BCUT2D eigenvalue weighted by atomic mass is 10.3. The van der Waals surface area contributed by atoms with Crippen molar-refractivity contribution in [3.05, 3.63) is 45.2 Å². The standard InChI is InChI=1S/C13H12Br2N2S/c1-2-5-12-16-11(15)8-13(17-12)18-10-7-4-3-6-9(10)14/h3-4,6-8H,2,5H2,1H3. The number of rotatable bonds is 4. The zero-order chi connectivity index (χ0) is 13.0. The van der Waals surface area contributed by atoms with Gasteiger partial charge in [0.25, 0.3) is 0 Å². The van der Waals surface area contributed by atoms with Crippen LogP contribution in [0.5, 0.6) is 0 Å². The van der Waals surface area contributed by atoms with Gasteiger partial charge in [-0.2, -0.15) is 0 Å². The number of aromatic nitrogens is 2. The van der Waals surface area contributed by atoms with Crippen molar-refractivity contribution in [1.82, 2.24) is 9.97 Å². The molecule has 0 amide bonds. The molecule has 0 saturated heterocycles. The number of nitrogens with zero attached hydrogens (tertiary/aromatic N) is 2. The van der Waals surface area contributed by atoms with Gasteiger partial charge >= 0.3 is 0 Å². The van der Waals surface area contributed by atoms with E-state index in [0.717, 1.165) is 37.7 Å². The fourth-order valence-electron chi connectivity index (χ4n) is 1.47. The number of halogens is 2. The Balaban J connectivity index is 2.26. The molecular formula is C13H12Br2N2S. The van der Waals surface area contributed by atoms with Crippen LogP contribution in [0.2, 0.25) is 0 Å². The van der Waals surface area contributed by atoms with Crippen molar-refractivity contribution in [2.24, 2.45) is 0 Å². The highest BCUT2D eigenvalue weighted by molar-refractivity contribution is 9.10. The van der Waals surface area contributed by atoms with Crippen molar-refractivity contribution >= 4 is 43.6 Å². The highest BCUT2D eigenvalue weighted by Crippen LogP contribution is 2.32. The number of hydrogen-bond donors (Lipinski definition) is 0. The second kappa shape index (κ2) is 6.68. The molecular weight excluding hydrogens is 376 g/mol. The van der Waals surface area contributed by atoms with E-state index in [4.69, 9.17) is 0 Å². The molecule has 2 rings (SSSR count). The third-order valence-corrected chi connectivity index (χ3v) is 4.60. The van der Waals surface area contributed by atoms with Crippen LogP contribution in [-0.4, -0.2) is 9.97 Å². The van der Waals surface area contributed by atoms with Crippen molar-refractivity contribution in [3.63, 3.8) is 0 Å². The smallest absolute Gasteiger partial charge is 0.130 e. The lowest BCUT2D eigenvalue weighted by Gasteiger charge is -2.05. The molecule has 0 spiro atoms. The van der Waals surface area contributed by atoms with E-state index in [-0.39, 0.29) is 0 Å². The van der Waals surface area contributed by atoms with Crippen LogP contribution in [0.4, 0.5) is 0 Å². The van der Waals surface area contributed by atoms with Crippen molar-refractivity contribution in [1.29, 1.82) is 0 Å². The van der Waals surface area contributed by atoms with Crippen LogP contribution in [0.1, 0.15) is 19.2 Å². The van der Waals surface area contributed by atoms with Crippen LogP contribution in [0, 0.1) is 0 Å². The molecule has 1 aromatic heterocycles. The monoisotopic (exact) mass is 386 g/mol. The summed E-state index contributed by atoms with van der Waals surface area (Å²) in [5.74, 6) is 0.890. The van der Waals surface area contributed by atoms with E-state index < -0.39 is 0 Å². The van der Waals surface area contributed by atoms with E-state index in [2.05, 4.69) is 54.8 Å². The summed E-state index contributed by atoms with van der Waals surface area (Å²) in [6.45, 7) is 2.13. The Morgan fingerprint density at radius 1 is 1.17 bits per heavy atom. The molecule has 2 aromatic rings. The van der Waals surface area contributed by atoms with Crippen LogP contribution >= 0.6 is 43.6 Å². The molecule has 2 nitrogen and oxygen atoms in total. The summed E-state index contributed by atoms with van der Waals surface area (Å²) in [5, 5.41) is 0.965. The van der Waals surface area contributed by atoms with Crippen LogP contribution in [0.25, 0.3) is 0 Å². The summed E-state index contributed by atoms with van der Waals surface area (Å²) in [4.78, 5) is 10.1. The summed E-state index contributed by atoms with van der Waals surface area (Å²) < 4.78 is 1.93. The van der Waals surface area contributed by atoms with E-state index in [1.54, 1.807) is 11.8 Å². The second-order valence-electron chi connectivity index (χ2n) is 3.73. The summed E-state index contributed by atoms with van der Waals surface area (Å²) in [6.07, 6.45) is 1.96. The Hall–Kier alpha value is -0.390. The zero-order valence-corrected chi connectivity index (χ0v) is 13.8. The van der Waals surface area contributed by atoms with Crippen molar-refractivity contribution < 1.29 is 0 Å². The van der Waals surface area contributed by atoms with E-state index in [1.807, 2.05) is 24.3 Å². The Kier molecular flexibility index (Phi) is 5.21. The molecule has 94 valence electrons. The number of hydrogen-bond acceptors (Lipinski definition) is 3. The first kappa shape index (κ1) is 14.0. The normalized spacial score (nSPS) is 10.6. The quantitative estimate of drug-likeness (QED) is 0.682. The highest BCUT2D eigenvalue weighted by Gasteiger charge is 2.06. The van der Waals surface area contributed by atoms with Gasteiger partial charge in [-0.15, -0.1) is 0 Å². The maximum Gasteiger partial charge on any atom is 0.130 e. The molecule has 0 aliphatic carbocycles. The Labute approximate surface area is 128 Å². The molecule has 0 aliphatic heterocycles. The molecule has 0 saturated carbocycles. The SMILES string of the molecule is CCCc1nc(Br)cc(Sc2ccccc2Br)n1. The van der Waals surface area contributed by atoms with Gasteiger partial charge in [0.1, 0.15) is 15.5 Å². The summed E-state index contributed by atoms with van der Waals surface area (Å²) >= 11 is 8.62. The molecule has 0 fully saturated rings. The summed E-state index contributed by atoms with van der Waals surface area (Å²) in [6, 6.07) is 10.1. The van der Waals surface area contributed by atoms with E-state index in [0.29, 0.717) is 0 Å². The largest absolute Gasteiger partial charge is 0.226 e. The van der Waals surface area contributed by atoms with Gasteiger partial charge in [0.05, 0.1) is 0 Å². The van der Waals surface area contributed by atoms with Gasteiger partial charge in [0.15, 0.2) is 0 Å².